The average molecular weight is 412 g/mol. The number of unbranched alkanes of at least 4 members (excludes halogenated alkanes) is 1. The van der Waals surface area contributed by atoms with E-state index >= 15 is 0 Å². The number of amides is 2. The molecule has 1 atom stereocenters. The molecule has 2 amide bonds. The Morgan fingerprint density at radius 2 is 1.93 bits per heavy atom. The fraction of sp³-hybridized carbons (Fsp3) is 0.500. The highest BCUT2D eigenvalue weighted by Crippen LogP contribution is 2.19. The average Bonchev–Trinajstić information content (AvgIpc) is 2.72. The van der Waals surface area contributed by atoms with Gasteiger partial charge in [0, 0.05) is 32.5 Å². The quantitative estimate of drug-likeness (QED) is 0.723. The Balaban J connectivity index is 1.93. The summed E-state index contributed by atoms with van der Waals surface area (Å²) < 4.78 is 1.47. The van der Waals surface area contributed by atoms with Crippen LogP contribution in [0.3, 0.4) is 0 Å². The molecule has 1 saturated heterocycles. The summed E-state index contributed by atoms with van der Waals surface area (Å²) in [5, 5.41) is 0. The lowest BCUT2D eigenvalue weighted by Crippen LogP contribution is -2.58. The molecule has 1 aliphatic rings. The van der Waals surface area contributed by atoms with E-state index in [-0.39, 0.29) is 29.5 Å². The van der Waals surface area contributed by atoms with E-state index in [0.717, 1.165) is 18.5 Å². The lowest BCUT2D eigenvalue weighted by atomic mass is 10.0. The summed E-state index contributed by atoms with van der Waals surface area (Å²) in [5.74, 6) is -0.434. The summed E-state index contributed by atoms with van der Waals surface area (Å²) in [6.45, 7) is 6.77. The second kappa shape index (κ2) is 9.19. The molecule has 160 valence electrons. The third-order valence-corrected chi connectivity index (χ3v) is 5.56. The summed E-state index contributed by atoms with van der Waals surface area (Å²) in [7, 11) is 1.76. The van der Waals surface area contributed by atoms with Crippen molar-refractivity contribution in [3.8, 4) is 0 Å². The van der Waals surface area contributed by atoms with Crippen molar-refractivity contribution < 1.29 is 9.59 Å². The van der Waals surface area contributed by atoms with E-state index in [1.54, 1.807) is 48.4 Å². The SMILES string of the molecule is CCCCC1C(=O)N(C)CCN1C(=O)c1c(C)ccn(Cc2cnc(C)cn2)c1=O. The van der Waals surface area contributed by atoms with Crippen LogP contribution in [0.4, 0.5) is 0 Å². The molecule has 3 rings (SSSR count). The van der Waals surface area contributed by atoms with E-state index in [9.17, 15) is 14.4 Å². The summed E-state index contributed by atoms with van der Waals surface area (Å²) in [6, 6.07) is 1.24. The van der Waals surface area contributed by atoms with Gasteiger partial charge in [-0.15, -0.1) is 0 Å². The lowest BCUT2D eigenvalue weighted by molar-refractivity contribution is -0.138. The molecule has 0 spiro atoms. The Morgan fingerprint density at radius 1 is 1.17 bits per heavy atom. The fourth-order valence-electron chi connectivity index (χ4n) is 3.70. The first-order valence-corrected chi connectivity index (χ1v) is 10.4. The van der Waals surface area contributed by atoms with E-state index in [2.05, 4.69) is 16.9 Å². The van der Waals surface area contributed by atoms with Gasteiger partial charge in [0.15, 0.2) is 0 Å². The maximum absolute atomic E-state index is 13.4. The van der Waals surface area contributed by atoms with Crippen LogP contribution >= 0.6 is 0 Å². The molecule has 8 heteroatoms. The van der Waals surface area contributed by atoms with Crippen LogP contribution in [0.5, 0.6) is 0 Å². The van der Waals surface area contributed by atoms with Crippen molar-refractivity contribution >= 4 is 11.8 Å². The first-order valence-electron chi connectivity index (χ1n) is 10.4. The van der Waals surface area contributed by atoms with E-state index < -0.39 is 6.04 Å². The molecular weight excluding hydrogens is 382 g/mol. The van der Waals surface area contributed by atoms with Crippen LogP contribution in [0, 0.1) is 13.8 Å². The summed E-state index contributed by atoms with van der Waals surface area (Å²) >= 11 is 0. The van der Waals surface area contributed by atoms with Gasteiger partial charge < -0.3 is 14.4 Å². The first kappa shape index (κ1) is 21.7. The minimum Gasteiger partial charge on any atom is -0.342 e. The number of aromatic nitrogens is 3. The Hall–Kier alpha value is -3.03. The molecular formula is C22H29N5O3. The molecule has 30 heavy (non-hydrogen) atoms. The van der Waals surface area contributed by atoms with Gasteiger partial charge in [-0.2, -0.15) is 0 Å². The van der Waals surface area contributed by atoms with Gasteiger partial charge >= 0.3 is 0 Å². The van der Waals surface area contributed by atoms with Gasteiger partial charge in [0.25, 0.3) is 11.5 Å². The third-order valence-electron chi connectivity index (χ3n) is 5.56. The topological polar surface area (TPSA) is 88.4 Å². The minimum atomic E-state index is -0.522. The number of likely N-dealkylation sites (N-methyl/N-ethyl adjacent to an activating group) is 1. The third kappa shape index (κ3) is 4.42. The monoisotopic (exact) mass is 411 g/mol. The summed E-state index contributed by atoms with van der Waals surface area (Å²) in [4.78, 5) is 51.1. The number of piperazine rings is 1. The van der Waals surface area contributed by atoms with Crippen molar-refractivity contribution in [3.05, 3.63) is 57.5 Å². The smallest absolute Gasteiger partial charge is 0.264 e. The predicted octanol–water partition coefficient (Wildman–Crippen LogP) is 1.78. The Morgan fingerprint density at radius 3 is 2.60 bits per heavy atom. The zero-order chi connectivity index (χ0) is 21.8. The van der Waals surface area contributed by atoms with Crippen LogP contribution in [-0.4, -0.2) is 62.3 Å². The van der Waals surface area contributed by atoms with Crippen molar-refractivity contribution in [1.82, 2.24) is 24.3 Å². The van der Waals surface area contributed by atoms with E-state index in [0.29, 0.717) is 30.8 Å². The molecule has 3 heterocycles. The van der Waals surface area contributed by atoms with Crippen molar-refractivity contribution in [2.45, 2.75) is 52.6 Å². The molecule has 0 saturated carbocycles. The molecule has 0 bridgehead atoms. The second-order valence-electron chi connectivity index (χ2n) is 7.87. The number of hydrogen-bond donors (Lipinski definition) is 0. The van der Waals surface area contributed by atoms with Gasteiger partial charge in [-0.1, -0.05) is 19.8 Å². The van der Waals surface area contributed by atoms with Gasteiger partial charge in [-0.3, -0.25) is 24.4 Å². The normalized spacial score (nSPS) is 16.8. The van der Waals surface area contributed by atoms with Crippen LogP contribution in [0.1, 0.15) is 53.5 Å². The van der Waals surface area contributed by atoms with E-state index in [4.69, 9.17) is 0 Å². The van der Waals surface area contributed by atoms with Crippen molar-refractivity contribution in [1.29, 1.82) is 0 Å². The van der Waals surface area contributed by atoms with E-state index in [1.165, 1.54) is 4.57 Å². The van der Waals surface area contributed by atoms with Crippen LogP contribution < -0.4 is 5.56 Å². The highest BCUT2D eigenvalue weighted by atomic mass is 16.2. The number of carbonyl (C=O) groups excluding carboxylic acids is 2. The highest BCUT2D eigenvalue weighted by Gasteiger charge is 2.37. The van der Waals surface area contributed by atoms with Crippen LogP contribution in [0.2, 0.25) is 0 Å². The molecule has 2 aromatic heterocycles. The molecule has 0 N–H and O–H groups in total. The van der Waals surface area contributed by atoms with Crippen LogP contribution in [-0.2, 0) is 11.3 Å². The molecule has 8 nitrogen and oxygen atoms in total. The van der Waals surface area contributed by atoms with Gasteiger partial charge in [0.05, 0.1) is 24.1 Å². The molecule has 1 aliphatic heterocycles. The summed E-state index contributed by atoms with van der Waals surface area (Å²) in [6.07, 6.45) is 7.32. The predicted molar refractivity (Wildman–Crippen MR) is 113 cm³/mol. The summed E-state index contributed by atoms with van der Waals surface area (Å²) in [5.41, 5.74) is 1.79. The van der Waals surface area contributed by atoms with Gasteiger partial charge in [0.1, 0.15) is 11.6 Å². The Bertz CT molecular complexity index is 983. The zero-order valence-electron chi connectivity index (χ0n) is 18.1. The maximum Gasteiger partial charge on any atom is 0.264 e. The minimum absolute atomic E-state index is 0.0631. The van der Waals surface area contributed by atoms with E-state index in [1.807, 2.05) is 6.92 Å². The lowest BCUT2D eigenvalue weighted by Gasteiger charge is -2.39. The largest absolute Gasteiger partial charge is 0.342 e. The zero-order valence-corrected chi connectivity index (χ0v) is 18.1. The fourth-order valence-corrected chi connectivity index (χ4v) is 3.70. The number of pyridine rings is 1. The Kier molecular flexibility index (Phi) is 6.64. The van der Waals surface area contributed by atoms with Gasteiger partial charge in [-0.25, -0.2) is 0 Å². The number of carbonyl (C=O) groups is 2. The number of hydrogen-bond acceptors (Lipinski definition) is 5. The van der Waals surface area contributed by atoms with Crippen LogP contribution in [0.25, 0.3) is 0 Å². The number of rotatable bonds is 6. The molecule has 0 aromatic carbocycles. The molecule has 1 unspecified atom stereocenters. The van der Waals surface area contributed by atoms with Gasteiger partial charge in [-0.05, 0) is 31.9 Å². The maximum atomic E-state index is 13.4. The molecule has 0 radical (unpaired) electrons. The highest BCUT2D eigenvalue weighted by molar-refractivity contribution is 5.99. The van der Waals surface area contributed by atoms with Crippen molar-refractivity contribution in [3.63, 3.8) is 0 Å². The van der Waals surface area contributed by atoms with Crippen molar-refractivity contribution in [2.24, 2.45) is 0 Å². The molecule has 0 aliphatic carbocycles. The standard InChI is InChI=1S/C22H29N5O3/c1-5-6-7-18-20(28)25(4)10-11-27(18)22(30)19-15(2)8-9-26(21(19)29)14-17-13-23-16(3)12-24-17/h8-9,12-13,18H,5-7,10-11,14H2,1-4H3. The van der Waals surface area contributed by atoms with Crippen LogP contribution in [0.15, 0.2) is 29.5 Å². The molecule has 2 aromatic rings. The first-order chi connectivity index (χ1) is 14.3. The number of nitrogens with zero attached hydrogens (tertiary/aromatic N) is 5. The second-order valence-corrected chi connectivity index (χ2v) is 7.87. The van der Waals surface area contributed by atoms with Gasteiger partial charge in [0.2, 0.25) is 5.91 Å². The number of aryl methyl sites for hydroxylation is 2. The molecule has 1 fully saturated rings. The Labute approximate surface area is 176 Å². The van der Waals surface area contributed by atoms with Crippen molar-refractivity contribution in [2.75, 3.05) is 20.1 Å².